The molecule has 2 aromatic heterocycles. The van der Waals surface area contributed by atoms with Crippen molar-refractivity contribution in [2.24, 2.45) is 0 Å². The molecule has 0 aliphatic carbocycles. The molecular weight excluding hydrogens is 318 g/mol. The Morgan fingerprint density at radius 1 is 1.42 bits per heavy atom. The minimum atomic E-state index is -2.69. The zero-order valence-corrected chi connectivity index (χ0v) is 13.0. The molecule has 2 aromatic rings. The second-order valence-electron chi connectivity index (χ2n) is 5.69. The van der Waals surface area contributed by atoms with Crippen LogP contribution in [0.15, 0.2) is 30.6 Å². The Labute approximate surface area is 137 Å². The molecule has 3 rings (SSSR count). The molecule has 6 nitrogen and oxygen atoms in total. The van der Waals surface area contributed by atoms with Crippen molar-refractivity contribution in [3.05, 3.63) is 47.5 Å². The average molecular weight is 336 g/mol. The van der Waals surface area contributed by atoms with Crippen LogP contribution in [0, 0.1) is 0 Å². The summed E-state index contributed by atoms with van der Waals surface area (Å²) in [4.78, 5) is 18.2. The topological polar surface area (TPSA) is 71.1 Å². The predicted molar refractivity (Wildman–Crippen MR) is 81.5 cm³/mol. The third kappa shape index (κ3) is 3.94. The van der Waals surface area contributed by atoms with Crippen LogP contribution in [0.4, 0.5) is 8.78 Å². The van der Waals surface area contributed by atoms with E-state index in [2.05, 4.69) is 15.2 Å². The summed E-state index contributed by atoms with van der Waals surface area (Å²) in [5.41, 5.74) is 0.526. The van der Waals surface area contributed by atoms with Crippen molar-refractivity contribution in [3.8, 4) is 0 Å². The van der Waals surface area contributed by atoms with Crippen molar-refractivity contribution in [2.75, 3.05) is 13.2 Å². The van der Waals surface area contributed by atoms with Crippen LogP contribution >= 0.6 is 0 Å². The summed E-state index contributed by atoms with van der Waals surface area (Å²) in [6, 6.07) is 4.72. The van der Waals surface area contributed by atoms with Gasteiger partial charge in [0.05, 0.1) is 6.10 Å². The minimum absolute atomic E-state index is 0.0163. The highest BCUT2D eigenvalue weighted by molar-refractivity contribution is 5.92. The van der Waals surface area contributed by atoms with E-state index in [4.69, 9.17) is 4.74 Å². The summed E-state index contributed by atoms with van der Waals surface area (Å²) in [5.74, 6) is -0.398. The first-order valence-corrected chi connectivity index (χ1v) is 7.76. The summed E-state index contributed by atoms with van der Waals surface area (Å²) in [6.07, 6.45) is 2.40. The quantitative estimate of drug-likeness (QED) is 0.880. The molecule has 1 amide bonds. The Kier molecular flexibility index (Phi) is 5.14. The van der Waals surface area contributed by atoms with Crippen LogP contribution in [0.25, 0.3) is 0 Å². The molecule has 0 radical (unpaired) electrons. The monoisotopic (exact) mass is 336 g/mol. The maximum Gasteiger partial charge on any atom is 0.279 e. The largest absolute Gasteiger partial charge is 0.376 e. The summed E-state index contributed by atoms with van der Waals surface area (Å²) in [6.45, 7) is 1.43. The van der Waals surface area contributed by atoms with E-state index < -0.39 is 12.3 Å². The average Bonchev–Trinajstić information content (AvgIpc) is 3.26. The highest BCUT2D eigenvalue weighted by Gasteiger charge is 2.26. The van der Waals surface area contributed by atoms with Crippen molar-refractivity contribution in [2.45, 2.75) is 31.9 Å². The normalized spacial score (nSPS) is 17.4. The molecule has 1 saturated heterocycles. The number of alkyl halides is 2. The number of hydrogen-bond donors (Lipinski definition) is 1. The lowest BCUT2D eigenvalue weighted by Crippen LogP contribution is -2.37. The molecule has 0 aromatic carbocycles. The molecule has 128 valence electrons. The summed E-state index contributed by atoms with van der Waals surface area (Å²) in [7, 11) is 0. The number of nitrogens with one attached hydrogen (secondary N) is 1. The number of hydrogen-bond acceptors (Lipinski definition) is 4. The molecule has 1 N–H and O–H groups in total. The zero-order valence-electron chi connectivity index (χ0n) is 13.0. The molecule has 1 atom stereocenters. The molecule has 8 heteroatoms. The first-order valence-electron chi connectivity index (χ1n) is 7.76. The van der Waals surface area contributed by atoms with Crippen LogP contribution in [0.3, 0.4) is 0 Å². The van der Waals surface area contributed by atoms with Crippen LogP contribution < -0.4 is 0 Å². The number of rotatable bonds is 6. The summed E-state index contributed by atoms with van der Waals surface area (Å²) in [5, 5.41) is 5.93. The zero-order chi connectivity index (χ0) is 16.9. The van der Waals surface area contributed by atoms with Gasteiger partial charge in [-0.3, -0.25) is 14.9 Å². The maximum absolute atomic E-state index is 12.7. The van der Waals surface area contributed by atoms with Gasteiger partial charge in [0.2, 0.25) is 0 Å². The number of aromatic nitrogens is 3. The molecule has 1 aliphatic rings. The van der Waals surface area contributed by atoms with Gasteiger partial charge in [0.25, 0.3) is 12.3 Å². The lowest BCUT2D eigenvalue weighted by atomic mass is 10.2. The molecule has 1 aliphatic heterocycles. The third-order valence-corrected chi connectivity index (χ3v) is 3.91. The van der Waals surface area contributed by atoms with Gasteiger partial charge in [-0.2, -0.15) is 5.10 Å². The molecule has 3 heterocycles. The van der Waals surface area contributed by atoms with E-state index in [1.165, 1.54) is 0 Å². The van der Waals surface area contributed by atoms with Crippen LogP contribution in [-0.4, -0.2) is 45.2 Å². The lowest BCUT2D eigenvalue weighted by Gasteiger charge is -2.24. The van der Waals surface area contributed by atoms with Gasteiger partial charge in [0.15, 0.2) is 5.69 Å². The Morgan fingerprint density at radius 3 is 2.83 bits per heavy atom. The molecule has 0 spiro atoms. The first-order chi connectivity index (χ1) is 11.6. The number of pyridine rings is 1. The van der Waals surface area contributed by atoms with Gasteiger partial charge in [-0.15, -0.1) is 0 Å². The minimum Gasteiger partial charge on any atom is -0.376 e. The van der Waals surface area contributed by atoms with Gasteiger partial charge >= 0.3 is 0 Å². The van der Waals surface area contributed by atoms with E-state index in [9.17, 15) is 13.6 Å². The Morgan fingerprint density at radius 2 is 2.21 bits per heavy atom. The Bertz CT molecular complexity index is 672. The van der Waals surface area contributed by atoms with Gasteiger partial charge < -0.3 is 9.64 Å². The Hall–Kier alpha value is -2.35. The van der Waals surface area contributed by atoms with Crippen LogP contribution in [0.1, 0.15) is 41.0 Å². The number of carbonyl (C=O) groups is 1. The van der Waals surface area contributed by atoms with Crippen LogP contribution in [0.2, 0.25) is 0 Å². The van der Waals surface area contributed by atoms with Crippen LogP contribution in [0.5, 0.6) is 0 Å². The van der Waals surface area contributed by atoms with Crippen molar-refractivity contribution in [1.29, 1.82) is 0 Å². The number of ether oxygens (including phenoxy) is 1. The van der Waals surface area contributed by atoms with E-state index in [1.807, 2.05) is 12.1 Å². The van der Waals surface area contributed by atoms with E-state index in [0.29, 0.717) is 19.7 Å². The van der Waals surface area contributed by atoms with Gasteiger partial charge in [-0.1, -0.05) is 0 Å². The fourth-order valence-electron chi connectivity index (χ4n) is 2.68. The number of amides is 1. The van der Waals surface area contributed by atoms with Crippen molar-refractivity contribution in [3.63, 3.8) is 0 Å². The molecule has 1 fully saturated rings. The Balaban J connectivity index is 1.77. The second kappa shape index (κ2) is 7.48. The number of nitrogens with zero attached hydrogens (tertiary/aromatic N) is 3. The molecule has 0 unspecified atom stereocenters. The van der Waals surface area contributed by atoms with Gasteiger partial charge in [0, 0.05) is 32.1 Å². The third-order valence-electron chi connectivity index (χ3n) is 3.91. The number of H-pyrrole nitrogens is 1. The van der Waals surface area contributed by atoms with Gasteiger partial charge in [-0.05, 0) is 36.6 Å². The summed E-state index contributed by atoms with van der Waals surface area (Å²) < 4.78 is 31.0. The summed E-state index contributed by atoms with van der Waals surface area (Å²) >= 11 is 0. The molecule has 0 bridgehead atoms. The second-order valence-corrected chi connectivity index (χ2v) is 5.69. The van der Waals surface area contributed by atoms with E-state index in [0.717, 1.165) is 24.5 Å². The SMILES string of the molecule is O=C(c1cc(C(F)F)[nH]n1)N(Cc1ccncc1)C[C@@H]1CCCO1. The van der Waals surface area contributed by atoms with Crippen LogP contribution in [-0.2, 0) is 11.3 Å². The maximum atomic E-state index is 12.7. The smallest absolute Gasteiger partial charge is 0.279 e. The van der Waals surface area contributed by atoms with Crippen molar-refractivity contribution >= 4 is 5.91 Å². The molecule has 24 heavy (non-hydrogen) atoms. The van der Waals surface area contributed by atoms with Crippen molar-refractivity contribution < 1.29 is 18.3 Å². The standard InChI is InChI=1S/C16H18F2N4O2/c17-15(18)13-8-14(21-20-13)16(23)22(10-12-2-1-7-24-12)9-11-3-5-19-6-4-11/h3-6,8,12,15H,1-2,7,9-10H2,(H,20,21)/t12-/m0/s1. The predicted octanol–water partition coefficient (Wildman–Crippen LogP) is 2.56. The molecular formula is C16H18F2N4O2. The number of halogens is 2. The fourth-order valence-corrected chi connectivity index (χ4v) is 2.68. The van der Waals surface area contributed by atoms with Gasteiger partial charge in [-0.25, -0.2) is 8.78 Å². The highest BCUT2D eigenvalue weighted by atomic mass is 19.3. The highest BCUT2D eigenvalue weighted by Crippen LogP contribution is 2.20. The van der Waals surface area contributed by atoms with E-state index >= 15 is 0 Å². The van der Waals surface area contributed by atoms with E-state index in [-0.39, 0.29) is 17.5 Å². The number of carbonyl (C=O) groups excluding carboxylic acids is 1. The fraction of sp³-hybridized carbons (Fsp3) is 0.438. The molecule has 0 saturated carbocycles. The van der Waals surface area contributed by atoms with Gasteiger partial charge in [0.1, 0.15) is 5.69 Å². The number of aromatic amines is 1. The van der Waals surface area contributed by atoms with Crippen molar-refractivity contribution in [1.82, 2.24) is 20.1 Å². The first kappa shape index (κ1) is 16.5. The lowest BCUT2D eigenvalue weighted by molar-refractivity contribution is 0.0503. The van der Waals surface area contributed by atoms with E-state index in [1.54, 1.807) is 17.3 Å².